The van der Waals surface area contributed by atoms with E-state index in [1.807, 2.05) is 6.92 Å². The van der Waals surface area contributed by atoms with Crippen molar-refractivity contribution in [3.63, 3.8) is 0 Å². The third-order valence-electron chi connectivity index (χ3n) is 4.78. The lowest BCUT2D eigenvalue weighted by molar-refractivity contribution is -0.148. The van der Waals surface area contributed by atoms with Crippen molar-refractivity contribution in [2.45, 2.75) is 29.2 Å². The third-order valence-corrected chi connectivity index (χ3v) is 8.43. The Kier molecular flexibility index (Phi) is 6.93. The number of carbonyl (C=O) groups is 3. The number of β-lactam (4-membered cyclic amide) rings is 1. The number of carbonyl (C=O) groups excluding carboxylic acids is 2. The molecule has 0 bridgehead atoms. The fourth-order valence-electron chi connectivity index (χ4n) is 3.26. The van der Waals surface area contributed by atoms with Crippen molar-refractivity contribution >= 4 is 64.4 Å². The first kappa shape index (κ1) is 22.9. The minimum absolute atomic E-state index is 0.00731. The number of rotatable bonds is 7. The highest BCUT2D eigenvalue weighted by Gasteiger charge is 2.54. The number of halogens is 1. The minimum atomic E-state index is -1.15. The van der Waals surface area contributed by atoms with E-state index in [9.17, 15) is 19.5 Å². The Morgan fingerprint density at radius 2 is 2.06 bits per heavy atom. The van der Waals surface area contributed by atoms with Crippen LogP contribution in [0.15, 0.2) is 39.9 Å². The number of fused-ring (bicyclic) bond motifs is 1. The molecule has 3 amide bonds. The predicted octanol–water partition coefficient (Wildman–Crippen LogP) is 2.71. The number of carboxylic acid groups (broad SMARTS) is 1. The predicted molar refractivity (Wildman–Crippen MR) is 124 cm³/mol. The van der Waals surface area contributed by atoms with Crippen molar-refractivity contribution < 1.29 is 19.5 Å². The van der Waals surface area contributed by atoms with E-state index >= 15 is 0 Å². The summed E-state index contributed by atoms with van der Waals surface area (Å²) in [5.41, 5.74) is 1.50. The van der Waals surface area contributed by atoms with Crippen molar-refractivity contribution in [1.29, 1.82) is 0 Å². The molecular formula is C19H18ClN5O4S3. The topological polar surface area (TPSA) is 125 Å². The van der Waals surface area contributed by atoms with E-state index in [1.165, 1.54) is 39.8 Å². The van der Waals surface area contributed by atoms with Crippen LogP contribution in [0.4, 0.5) is 4.79 Å². The number of benzene rings is 1. The summed E-state index contributed by atoms with van der Waals surface area (Å²) in [6, 6.07) is 5.77. The molecule has 1 saturated heterocycles. The van der Waals surface area contributed by atoms with E-state index in [1.54, 1.807) is 24.3 Å². The maximum atomic E-state index is 12.7. The van der Waals surface area contributed by atoms with Crippen LogP contribution in [0.3, 0.4) is 0 Å². The van der Waals surface area contributed by atoms with Gasteiger partial charge in [-0.1, -0.05) is 46.8 Å². The molecule has 3 heterocycles. The van der Waals surface area contributed by atoms with Crippen LogP contribution in [0.5, 0.6) is 0 Å². The Morgan fingerprint density at radius 3 is 2.72 bits per heavy atom. The average Bonchev–Trinajstić information content (AvgIpc) is 3.19. The van der Waals surface area contributed by atoms with Crippen LogP contribution in [0.25, 0.3) is 0 Å². The summed E-state index contributed by atoms with van der Waals surface area (Å²) in [5, 5.41) is 24.1. The van der Waals surface area contributed by atoms with Crippen LogP contribution < -0.4 is 10.6 Å². The molecular weight excluding hydrogens is 494 g/mol. The molecule has 0 radical (unpaired) electrons. The molecule has 9 nitrogen and oxygen atoms in total. The standard InChI is InChI=1S/C19H18ClN5O4S3/c1-9-23-24-19(32-9)31-8-11-7-30-16-13(15(26)25(16)14(11)17(27)28)22-18(29)21-6-10-2-4-12(20)5-3-10/h2-5,13,16H,6-8H2,1H3,(H,27,28)(H2,21,22,29)/t13?,16-/m1/s1. The number of aliphatic carboxylic acids is 1. The maximum absolute atomic E-state index is 12.7. The van der Waals surface area contributed by atoms with Gasteiger partial charge >= 0.3 is 12.0 Å². The molecule has 1 aromatic carbocycles. The van der Waals surface area contributed by atoms with Crippen LogP contribution in [-0.2, 0) is 16.1 Å². The fourth-order valence-corrected chi connectivity index (χ4v) is 6.68. The number of thioether (sulfide) groups is 2. The lowest BCUT2D eigenvalue weighted by Crippen LogP contribution is -2.71. The van der Waals surface area contributed by atoms with Gasteiger partial charge in [0.05, 0.1) is 0 Å². The van der Waals surface area contributed by atoms with Crippen LogP contribution in [0.2, 0.25) is 5.02 Å². The van der Waals surface area contributed by atoms with E-state index in [0.717, 1.165) is 14.9 Å². The zero-order chi connectivity index (χ0) is 22.8. The number of amides is 3. The smallest absolute Gasteiger partial charge is 0.352 e. The minimum Gasteiger partial charge on any atom is -0.477 e. The molecule has 32 heavy (non-hydrogen) atoms. The summed E-state index contributed by atoms with van der Waals surface area (Å²) < 4.78 is 0.749. The van der Waals surface area contributed by atoms with Gasteiger partial charge in [0, 0.05) is 23.1 Å². The Hall–Kier alpha value is -2.28. The molecule has 1 unspecified atom stereocenters. The summed E-state index contributed by atoms with van der Waals surface area (Å²) in [4.78, 5) is 38.2. The normalized spacial score (nSPS) is 19.9. The second-order valence-electron chi connectivity index (χ2n) is 6.97. The summed E-state index contributed by atoms with van der Waals surface area (Å²) in [7, 11) is 0. The van der Waals surface area contributed by atoms with Crippen LogP contribution in [-0.4, -0.2) is 61.0 Å². The van der Waals surface area contributed by atoms with Gasteiger partial charge in [0.25, 0.3) is 5.91 Å². The third kappa shape index (κ3) is 4.87. The molecule has 0 spiro atoms. The molecule has 0 saturated carbocycles. The van der Waals surface area contributed by atoms with Crippen molar-refractivity contribution in [2.24, 2.45) is 0 Å². The summed E-state index contributed by atoms with van der Waals surface area (Å²) in [6.07, 6.45) is 0. The maximum Gasteiger partial charge on any atom is 0.352 e. The van der Waals surface area contributed by atoms with Gasteiger partial charge in [-0.3, -0.25) is 9.69 Å². The molecule has 2 atom stereocenters. The number of urea groups is 1. The highest BCUT2D eigenvalue weighted by molar-refractivity contribution is 8.01. The second-order valence-corrected chi connectivity index (χ2v) is 10.9. The number of aromatic nitrogens is 2. The molecule has 13 heteroatoms. The van der Waals surface area contributed by atoms with E-state index in [-0.39, 0.29) is 12.2 Å². The molecule has 168 valence electrons. The molecule has 4 rings (SSSR count). The molecule has 2 aliphatic heterocycles. The quantitative estimate of drug-likeness (QED) is 0.383. The fraction of sp³-hybridized carbons (Fsp3) is 0.316. The van der Waals surface area contributed by atoms with Crippen molar-refractivity contribution in [3.8, 4) is 0 Å². The van der Waals surface area contributed by atoms with Crippen molar-refractivity contribution in [1.82, 2.24) is 25.7 Å². The zero-order valence-electron chi connectivity index (χ0n) is 16.7. The van der Waals surface area contributed by atoms with Crippen molar-refractivity contribution in [3.05, 3.63) is 51.1 Å². The summed E-state index contributed by atoms with van der Waals surface area (Å²) in [5.74, 6) is -0.737. The lowest BCUT2D eigenvalue weighted by atomic mass is 10.0. The zero-order valence-corrected chi connectivity index (χ0v) is 19.9. The molecule has 0 aliphatic carbocycles. The number of hydrogen-bond donors (Lipinski definition) is 3. The molecule has 2 aliphatic rings. The van der Waals surface area contributed by atoms with Gasteiger partial charge in [-0.15, -0.1) is 22.0 Å². The Labute approximate surface area is 201 Å². The van der Waals surface area contributed by atoms with Gasteiger partial charge in [0.1, 0.15) is 22.1 Å². The van der Waals surface area contributed by atoms with Gasteiger partial charge in [-0.2, -0.15) is 0 Å². The Bertz CT molecular complexity index is 1090. The number of carboxylic acids is 1. The van der Waals surface area contributed by atoms with Gasteiger partial charge in [0.2, 0.25) is 0 Å². The second kappa shape index (κ2) is 9.69. The van der Waals surface area contributed by atoms with E-state index < -0.39 is 29.3 Å². The van der Waals surface area contributed by atoms with Gasteiger partial charge < -0.3 is 15.7 Å². The van der Waals surface area contributed by atoms with Crippen LogP contribution >= 0.6 is 46.5 Å². The highest BCUT2D eigenvalue weighted by atomic mass is 35.5. The Morgan fingerprint density at radius 1 is 1.31 bits per heavy atom. The Balaban J connectivity index is 1.37. The number of nitrogens with zero attached hydrogens (tertiary/aromatic N) is 3. The van der Waals surface area contributed by atoms with Gasteiger partial charge in [-0.25, -0.2) is 9.59 Å². The largest absolute Gasteiger partial charge is 0.477 e. The average molecular weight is 512 g/mol. The van der Waals surface area contributed by atoms with Crippen LogP contribution in [0, 0.1) is 6.92 Å². The first-order valence-electron chi connectivity index (χ1n) is 9.45. The first-order chi connectivity index (χ1) is 15.3. The molecule has 1 fully saturated rings. The van der Waals surface area contributed by atoms with Gasteiger partial charge in [0.15, 0.2) is 4.34 Å². The van der Waals surface area contributed by atoms with E-state index in [2.05, 4.69) is 20.8 Å². The first-order valence-corrected chi connectivity index (χ1v) is 12.7. The molecule has 2 aromatic rings. The molecule has 1 aromatic heterocycles. The van der Waals surface area contributed by atoms with Crippen LogP contribution in [0.1, 0.15) is 10.6 Å². The van der Waals surface area contributed by atoms with E-state index in [0.29, 0.717) is 22.1 Å². The van der Waals surface area contributed by atoms with E-state index in [4.69, 9.17) is 11.6 Å². The monoisotopic (exact) mass is 511 g/mol. The van der Waals surface area contributed by atoms with Gasteiger partial charge in [-0.05, 0) is 30.2 Å². The number of nitrogens with one attached hydrogen (secondary N) is 2. The highest BCUT2D eigenvalue weighted by Crippen LogP contribution is 2.41. The number of hydrogen-bond acceptors (Lipinski definition) is 8. The SMILES string of the molecule is Cc1nnc(SCC2=C(C(=O)O)N3C(=O)C(NC(=O)NCc4ccc(Cl)cc4)[C@H]3SC2)s1. The number of aryl methyl sites for hydroxylation is 1. The summed E-state index contributed by atoms with van der Waals surface area (Å²) in [6.45, 7) is 2.13. The lowest BCUT2D eigenvalue weighted by Gasteiger charge is -2.49. The molecule has 3 N–H and O–H groups in total. The van der Waals surface area contributed by atoms with Crippen molar-refractivity contribution in [2.75, 3.05) is 11.5 Å². The summed E-state index contributed by atoms with van der Waals surface area (Å²) >= 11 is 10.1.